The molecule has 0 aliphatic carbocycles. The van der Waals surface area contributed by atoms with Gasteiger partial charge < -0.3 is 4.74 Å². The molecule has 2 aromatic rings. The van der Waals surface area contributed by atoms with E-state index < -0.39 is 0 Å². The van der Waals surface area contributed by atoms with Crippen LogP contribution in [0.25, 0.3) is 0 Å². The summed E-state index contributed by atoms with van der Waals surface area (Å²) in [7, 11) is 0. The summed E-state index contributed by atoms with van der Waals surface area (Å²) >= 11 is 0. The van der Waals surface area contributed by atoms with Gasteiger partial charge in [0.25, 0.3) is 0 Å². The van der Waals surface area contributed by atoms with Gasteiger partial charge in [0.15, 0.2) is 0 Å². The zero-order valence-corrected chi connectivity index (χ0v) is 12.2. The van der Waals surface area contributed by atoms with Gasteiger partial charge in [0.2, 0.25) is 0 Å². The Bertz CT molecular complexity index is 581. The number of ether oxygens (including phenoxy) is 1. The van der Waals surface area contributed by atoms with Crippen LogP contribution in [0.15, 0.2) is 36.7 Å². The molecule has 1 unspecified atom stereocenters. The quantitative estimate of drug-likeness (QED) is 0.848. The van der Waals surface area contributed by atoms with Crippen LogP contribution in [0.5, 0.6) is 5.75 Å². The largest absolute Gasteiger partial charge is 0.489 e. The summed E-state index contributed by atoms with van der Waals surface area (Å²) in [6.07, 6.45) is 5.20. The molecule has 1 aliphatic rings. The van der Waals surface area contributed by atoms with E-state index in [1.807, 2.05) is 10.9 Å². The number of likely N-dealkylation sites (tertiary alicyclic amines) is 1. The zero-order chi connectivity index (χ0) is 14.7. The second kappa shape index (κ2) is 6.26. The fraction of sp³-hybridized carbons (Fsp3) is 0.438. The van der Waals surface area contributed by atoms with E-state index in [9.17, 15) is 4.39 Å². The third-order valence-electron chi connectivity index (χ3n) is 3.76. The highest BCUT2D eigenvalue weighted by molar-refractivity contribution is 5.22. The number of nitrogens with zero attached hydrogens (tertiary/aromatic N) is 3. The van der Waals surface area contributed by atoms with Crippen LogP contribution in [0.3, 0.4) is 0 Å². The number of aromatic nitrogens is 2. The van der Waals surface area contributed by atoms with Gasteiger partial charge in [0.1, 0.15) is 17.7 Å². The van der Waals surface area contributed by atoms with Gasteiger partial charge >= 0.3 is 0 Å². The lowest BCUT2D eigenvalue weighted by atomic mass is 10.3. The number of aryl methyl sites for hydroxylation is 1. The van der Waals surface area contributed by atoms with Crippen LogP contribution < -0.4 is 4.74 Å². The highest BCUT2D eigenvalue weighted by Gasteiger charge is 2.24. The number of hydrogen-bond acceptors (Lipinski definition) is 3. The Balaban J connectivity index is 1.52. The molecule has 0 spiro atoms. The standard InChI is InChI=1S/C16H20FN3O/c1-2-20-11-13(9-18-20)10-19-8-7-16(12-19)21-15-5-3-14(17)4-6-15/h3-6,9,11,16H,2,7-8,10,12H2,1H3. The minimum atomic E-state index is -0.233. The van der Waals surface area contributed by atoms with E-state index in [1.165, 1.54) is 17.7 Å². The van der Waals surface area contributed by atoms with Crippen LogP contribution >= 0.6 is 0 Å². The summed E-state index contributed by atoms with van der Waals surface area (Å²) in [6, 6.07) is 6.23. The first-order valence-electron chi connectivity index (χ1n) is 7.39. The minimum Gasteiger partial charge on any atom is -0.489 e. The second-order valence-electron chi connectivity index (χ2n) is 5.42. The molecule has 21 heavy (non-hydrogen) atoms. The first-order chi connectivity index (χ1) is 10.2. The van der Waals surface area contributed by atoms with Gasteiger partial charge in [-0.3, -0.25) is 9.58 Å². The maximum absolute atomic E-state index is 12.9. The third-order valence-corrected chi connectivity index (χ3v) is 3.76. The summed E-state index contributed by atoms with van der Waals surface area (Å²) in [4.78, 5) is 2.37. The molecule has 1 saturated heterocycles. The van der Waals surface area contributed by atoms with Gasteiger partial charge in [0.05, 0.1) is 6.20 Å². The van der Waals surface area contributed by atoms with Gasteiger partial charge in [-0.15, -0.1) is 0 Å². The molecule has 3 rings (SSSR count). The van der Waals surface area contributed by atoms with E-state index in [4.69, 9.17) is 4.74 Å². The Morgan fingerprint density at radius 2 is 2.14 bits per heavy atom. The van der Waals surface area contributed by atoms with E-state index in [0.717, 1.165) is 38.3 Å². The second-order valence-corrected chi connectivity index (χ2v) is 5.42. The van der Waals surface area contributed by atoms with Crippen LogP contribution in [0, 0.1) is 5.82 Å². The Kier molecular flexibility index (Phi) is 4.20. The molecule has 0 bridgehead atoms. The molecule has 0 amide bonds. The lowest BCUT2D eigenvalue weighted by molar-refractivity contribution is 0.198. The maximum atomic E-state index is 12.9. The number of rotatable bonds is 5. The molecule has 2 heterocycles. The van der Waals surface area contributed by atoms with Gasteiger partial charge in [0, 0.05) is 37.9 Å². The van der Waals surface area contributed by atoms with E-state index >= 15 is 0 Å². The Labute approximate surface area is 124 Å². The zero-order valence-electron chi connectivity index (χ0n) is 12.2. The lowest BCUT2D eigenvalue weighted by Crippen LogP contribution is -2.24. The van der Waals surface area contributed by atoms with Crippen molar-refractivity contribution in [2.75, 3.05) is 13.1 Å². The SMILES string of the molecule is CCn1cc(CN2CCC(Oc3ccc(F)cc3)C2)cn1. The van der Waals surface area contributed by atoms with Crippen molar-refractivity contribution in [2.24, 2.45) is 0 Å². The lowest BCUT2D eigenvalue weighted by Gasteiger charge is -2.16. The summed E-state index contributed by atoms with van der Waals surface area (Å²) < 4.78 is 20.7. The molecule has 112 valence electrons. The van der Waals surface area contributed by atoms with Crippen molar-refractivity contribution in [3.63, 3.8) is 0 Å². The molecule has 0 saturated carbocycles. The van der Waals surface area contributed by atoms with E-state index in [1.54, 1.807) is 12.1 Å². The molecule has 1 aromatic carbocycles. The van der Waals surface area contributed by atoms with Crippen molar-refractivity contribution in [1.82, 2.24) is 14.7 Å². The van der Waals surface area contributed by atoms with Crippen LogP contribution in [-0.2, 0) is 13.1 Å². The number of halogens is 1. The Morgan fingerprint density at radius 3 is 2.86 bits per heavy atom. The first-order valence-corrected chi connectivity index (χ1v) is 7.39. The molecule has 1 aromatic heterocycles. The molecule has 1 atom stereocenters. The Hall–Kier alpha value is -1.88. The van der Waals surface area contributed by atoms with Crippen molar-refractivity contribution in [2.45, 2.75) is 32.5 Å². The molecule has 1 fully saturated rings. The predicted octanol–water partition coefficient (Wildman–Crippen LogP) is 2.70. The van der Waals surface area contributed by atoms with Crippen LogP contribution in [0.1, 0.15) is 18.9 Å². The highest BCUT2D eigenvalue weighted by atomic mass is 19.1. The van der Waals surface area contributed by atoms with E-state index in [0.29, 0.717) is 0 Å². The fourth-order valence-electron chi connectivity index (χ4n) is 2.66. The Morgan fingerprint density at radius 1 is 1.33 bits per heavy atom. The third kappa shape index (κ3) is 3.61. The molecule has 1 aliphatic heterocycles. The van der Waals surface area contributed by atoms with Crippen molar-refractivity contribution in [3.05, 3.63) is 48.0 Å². The monoisotopic (exact) mass is 289 g/mol. The smallest absolute Gasteiger partial charge is 0.123 e. The molecule has 4 nitrogen and oxygen atoms in total. The van der Waals surface area contributed by atoms with Crippen molar-refractivity contribution in [3.8, 4) is 5.75 Å². The topological polar surface area (TPSA) is 30.3 Å². The molecule has 0 radical (unpaired) electrons. The number of hydrogen-bond donors (Lipinski definition) is 0. The maximum Gasteiger partial charge on any atom is 0.123 e. The average Bonchev–Trinajstić information content (AvgIpc) is 3.11. The van der Waals surface area contributed by atoms with Gasteiger partial charge in [-0.1, -0.05) is 0 Å². The molecular formula is C16H20FN3O. The van der Waals surface area contributed by atoms with Crippen LogP contribution in [0.4, 0.5) is 4.39 Å². The number of benzene rings is 1. The molecular weight excluding hydrogens is 269 g/mol. The van der Waals surface area contributed by atoms with Crippen LogP contribution in [-0.4, -0.2) is 33.9 Å². The predicted molar refractivity (Wildman–Crippen MR) is 78.6 cm³/mol. The van der Waals surface area contributed by atoms with E-state index in [2.05, 4.69) is 23.1 Å². The van der Waals surface area contributed by atoms with E-state index in [-0.39, 0.29) is 11.9 Å². The van der Waals surface area contributed by atoms with Gasteiger partial charge in [-0.2, -0.15) is 5.10 Å². The normalized spacial score (nSPS) is 19.0. The molecule has 5 heteroatoms. The summed E-state index contributed by atoms with van der Waals surface area (Å²) in [5, 5.41) is 4.29. The average molecular weight is 289 g/mol. The van der Waals surface area contributed by atoms with Crippen molar-refractivity contribution < 1.29 is 9.13 Å². The van der Waals surface area contributed by atoms with Crippen LogP contribution in [0.2, 0.25) is 0 Å². The van der Waals surface area contributed by atoms with Gasteiger partial charge in [-0.05, 0) is 37.6 Å². The summed E-state index contributed by atoms with van der Waals surface area (Å²) in [6.45, 7) is 5.80. The molecule has 0 N–H and O–H groups in total. The first kappa shape index (κ1) is 14.1. The van der Waals surface area contributed by atoms with Crippen molar-refractivity contribution >= 4 is 0 Å². The summed E-state index contributed by atoms with van der Waals surface area (Å²) in [5.41, 5.74) is 1.24. The fourth-order valence-corrected chi connectivity index (χ4v) is 2.66. The highest BCUT2D eigenvalue weighted by Crippen LogP contribution is 2.20. The minimum absolute atomic E-state index is 0.177. The summed E-state index contributed by atoms with van der Waals surface area (Å²) in [5.74, 6) is 0.505. The van der Waals surface area contributed by atoms with Gasteiger partial charge in [-0.25, -0.2) is 4.39 Å². The van der Waals surface area contributed by atoms with Crippen molar-refractivity contribution in [1.29, 1.82) is 0 Å².